The summed E-state index contributed by atoms with van der Waals surface area (Å²) in [4.78, 5) is 22.7. The summed E-state index contributed by atoms with van der Waals surface area (Å²) in [6, 6.07) is 6.16. The highest BCUT2D eigenvalue weighted by molar-refractivity contribution is 6.06. The Bertz CT molecular complexity index is 412. The molecule has 1 aromatic carbocycles. The van der Waals surface area contributed by atoms with E-state index in [1.165, 1.54) is 12.1 Å². The van der Waals surface area contributed by atoms with E-state index in [0.29, 0.717) is 0 Å². The zero-order valence-electron chi connectivity index (χ0n) is 9.97. The quantitative estimate of drug-likeness (QED) is 0.770. The smallest absolute Gasteiger partial charge is 0.336 e. The fraction of sp³-hybridized carbons (Fsp3) is 0.385. The van der Waals surface area contributed by atoms with Gasteiger partial charge in [0, 0.05) is 5.56 Å². The van der Waals surface area contributed by atoms with Crippen LogP contribution in [0, 0.1) is 0 Å². The lowest BCUT2D eigenvalue weighted by atomic mass is 10.0. The molecule has 4 nitrogen and oxygen atoms in total. The molecule has 0 bridgehead atoms. The number of ketones is 1. The molecule has 0 radical (unpaired) electrons. The lowest BCUT2D eigenvalue weighted by Crippen LogP contribution is -2.17. The summed E-state index contributed by atoms with van der Waals surface area (Å²) in [5.74, 6) is -1.40. The highest BCUT2D eigenvalue weighted by atomic mass is 16.5. The maximum atomic E-state index is 11.8. The molecule has 0 fully saturated rings. The summed E-state index contributed by atoms with van der Waals surface area (Å²) in [6.45, 7) is 3.75. The molecule has 0 amide bonds. The maximum Gasteiger partial charge on any atom is 0.336 e. The Morgan fingerprint density at radius 1 is 1.29 bits per heavy atom. The van der Waals surface area contributed by atoms with Crippen LogP contribution in [0.2, 0.25) is 0 Å². The van der Waals surface area contributed by atoms with Gasteiger partial charge in [-0.25, -0.2) is 4.79 Å². The number of ether oxygens (including phenoxy) is 1. The fourth-order valence-corrected chi connectivity index (χ4v) is 1.33. The molecule has 92 valence electrons. The Balaban J connectivity index is 2.78. The largest absolute Gasteiger partial charge is 0.478 e. The van der Waals surface area contributed by atoms with Crippen molar-refractivity contribution in [1.29, 1.82) is 0 Å². The van der Waals surface area contributed by atoms with E-state index in [2.05, 4.69) is 0 Å². The van der Waals surface area contributed by atoms with Crippen LogP contribution in [0.4, 0.5) is 0 Å². The number of carboxylic acid groups (broad SMARTS) is 1. The topological polar surface area (TPSA) is 63.6 Å². The second-order valence-electron chi connectivity index (χ2n) is 3.80. The molecule has 0 aliphatic heterocycles. The van der Waals surface area contributed by atoms with Crippen LogP contribution < -0.4 is 0 Å². The van der Waals surface area contributed by atoms with Crippen LogP contribution in [0.3, 0.4) is 0 Å². The molecule has 0 heterocycles. The molecule has 0 aliphatic carbocycles. The molecule has 1 atom stereocenters. The third kappa shape index (κ3) is 3.67. The van der Waals surface area contributed by atoms with Gasteiger partial charge in [-0.15, -0.1) is 0 Å². The van der Waals surface area contributed by atoms with E-state index in [1.54, 1.807) is 12.1 Å². The van der Waals surface area contributed by atoms with Crippen LogP contribution in [0.5, 0.6) is 0 Å². The molecule has 0 spiro atoms. The van der Waals surface area contributed by atoms with Gasteiger partial charge in [0.2, 0.25) is 0 Å². The minimum atomic E-state index is -1.10. The number of hydrogen-bond donors (Lipinski definition) is 1. The predicted octanol–water partition coefficient (Wildman–Crippen LogP) is 2.38. The average molecular weight is 236 g/mol. The summed E-state index contributed by atoms with van der Waals surface area (Å²) < 4.78 is 5.30. The Morgan fingerprint density at radius 2 is 1.88 bits per heavy atom. The number of carbonyl (C=O) groups is 2. The number of benzene rings is 1. The number of Topliss-reactive ketones (excluding diaryl/α,β-unsaturated/α-hetero) is 1. The van der Waals surface area contributed by atoms with Crippen molar-refractivity contribution in [1.82, 2.24) is 0 Å². The molecule has 0 aromatic heterocycles. The van der Waals surface area contributed by atoms with Crippen LogP contribution >= 0.6 is 0 Å². The first kappa shape index (κ1) is 13.4. The molecule has 0 aliphatic rings. The molecule has 0 saturated heterocycles. The monoisotopic (exact) mass is 236 g/mol. The zero-order chi connectivity index (χ0) is 12.8. The summed E-state index contributed by atoms with van der Waals surface area (Å²) >= 11 is 0. The second-order valence-corrected chi connectivity index (χ2v) is 3.80. The summed E-state index contributed by atoms with van der Waals surface area (Å²) in [7, 11) is 0. The average Bonchev–Trinajstić information content (AvgIpc) is 2.35. The summed E-state index contributed by atoms with van der Waals surface area (Å²) in [6.07, 6.45) is 0.810. The second kappa shape index (κ2) is 6.15. The van der Waals surface area contributed by atoms with Crippen molar-refractivity contribution in [2.45, 2.75) is 26.4 Å². The highest BCUT2D eigenvalue weighted by Gasteiger charge is 2.16. The molecule has 17 heavy (non-hydrogen) atoms. The van der Waals surface area contributed by atoms with E-state index in [0.717, 1.165) is 6.42 Å². The van der Waals surface area contributed by atoms with Gasteiger partial charge in [0.1, 0.15) is 6.61 Å². The summed E-state index contributed by atoms with van der Waals surface area (Å²) in [5.41, 5.74) is 0.216. The van der Waals surface area contributed by atoms with Gasteiger partial charge in [0.25, 0.3) is 0 Å². The van der Waals surface area contributed by atoms with E-state index >= 15 is 0 Å². The van der Waals surface area contributed by atoms with E-state index in [4.69, 9.17) is 9.84 Å². The van der Waals surface area contributed by atoms with Gasteiger partial charge in [0.05, 0.1) is 11.7 Å². The third-order valence-corrected chi connectivity index (χ3v) is 2.53. The maximum absolute atomic E-state index is 11.8. The molecule has 0 saturated carbocycles. The molecule has 1 N–H and O–H groups in total. The highest BCUT2D eigenvalue weighted by Crippen LogP contribution is 2.10. The number of hydrogen-bond acceptors (Lipinski definition) is 3. The number of carboxylic acids is 1. The molecule has 1 aromatic rings. The van der Waals surface area contributed by atoms with Gasteiger partial charge in [-0.3, -0.25) is 4.79 Å². The van der Waals surface area contributed by atoms with E-state index in [9.17, 15) is 9.59 Å². The van der Waals surface area contributed by atoms with Crippen LogP contribution in [0.1, 0.15) is 41.0 Å². The predicted molar refractivity (Wildman–Crippen MR) is 63.4 cm³/mol. The molecule has 1 rings (SSSR count). The molecular weight excluding hydrogens is 220 g/mol. The van der Waals surface area contributed by atoms with Crippen molar-refractivity contribution in [3.63, 3.8) is 0 Å². The van der Waals surface area contributed by atoms with Crippen molar-refractivity contribution in [3.8, 4) is 0 Å². The first-order chi connectivity index (χ1) is 8.06. The summed E-state index contributed by atoms with van der Waals surface area (Å²) in [5, 5.41) is 8.95. The van der Waals surface area contributed by atoms with Gasteiger partial charge in [0.15, 0.2) is 5.78 Å². The lowest BCUT2D eigenvalue weighted by Gasteiger charge is -2.10. The lowest BCUT2D eigenvalue weighted by molar-refractivity contribution is 0.0506. The van der Waals surface area contributed by atoms with Crippen molar-refractivity contribution in [2.24, 2.45) is 0 Å². The van der Waals surface area contributed by atoms with Crippen LogP contribution in [-0.4, -0.2) is 29.6 Å². The Morgan fingerprint density at radius 3 is 2.41 bits per heavy atom. The van der Waals surface area contributed by atoms with E-state index in [1.807, 2.05) is 13.8 Å². The van der Waals surface area contributed by atoms with Crippen molar-refractivity contribution < 1.29 is 19.4 Å². The first-order valence-corrected chi connectivity index (χ1v) is 5.53. The minimum absolute atomic E-state index is 0.00376. The number of rotatable bonds is 6. The van der Waals surface area contributed by atoms with Gasteiger partial charge in [-0.2, -0.15) is 0 Å². The van der Waals surface area contributed by atoms with Crippen molar-refractivity contribution in [2.75, 3.05) is 6.61 Å². The molecule has 1 unspecified atom stereocenters. The van der Waals surface area contributed by atoms with Crippen LogP contribution in [0.15, 0.2) is 24.3 Å². The normalized spacial score (nSPS) is 12.1. The standard InChI is InChI=1S/C13H16O4/c1-3-9(2)17-8-12(14)10-6-4-5-7-11(10)13(15)16/h4-7,9H,3,8H2,1-2H3,(H,15,16). The van der Waals surface area contributed by atoms with Gasteiger partial charge in [-0.05, 0) is 19.4 Å². The first-order valence-electron chi connectivity index (χ1n) is 5.53. The van der Waals surface area contributed by atoms with E-state index in [-0.39, 0.29) is 29.6 Å². The third-order valence-electron chi connectivity index (χ3n) is 2.53. The van der Waals surface area contributed by atoms with Crippen LogP contribution in [0.25, 0.3) is 0 Å². The van der Waals surface area contributed by atoms with Crippen molar-refractivity contribution in [3.05, 3.63) is 35.4 Å². The fourth-order valence-electron chi connectivity index (χ4n) is 1.33. The SMILES string of the molecule is CCC(C)OCC(=O)c1ccccc1C(=O)O. The van der Waals surface area contributed by atoms with Crippen molar-refractivity contribution >= 4 is 11.8 Å². The van der Waals surface area contributed by atoms with Gasteiger partial charge >= 0.3 is 5.97 Å². The molecule has 4 heteroatoms. The zero-order valence-corrected chi connectivity index (χ0v) is 9.97. The minimum Gasteiger partial charge on any atom is -0.478 e. The van der Waals surface area contributed by atoms with Gasteiger partial charge in [-0.1, -0.05) is 25.1 Å². The Kier molecular flexibility index (Phi) is 4.84. The number of aromatic carboxylic acids is 1. The van der Waals surface area contributed by atoms with Crippen LogP contribution in [-0.2, 0) is 4.74 Å². The Hall–Kier alpha value is -1.68. The van der Waals surface area contributed by atoms with Gasteiger partial charge < -0.3 is 9.84 Å². The molecular formula is C13H16O4. The number of carbonyl (C=O) groups excluding carboxylic acids is 1. The van der Waals surface area contributed by atoms with E-state index < -0.39 is 5.97 Å². The Labute approximate surface area is 100 Å².